The maximum Gasteiger partial charge on any atom is 0.416 e. The van der Waals surface area contributed by atoms with E-state index in [1.54, 1.807) is 12.3 Å². The molecule has 18 heteroatoms. The Morgan fingerprint density at radius 2 is 1.90 bits per heavy atom. The molecule has 1 aliphatic heterocycles. The number of ether oxygens (including phenoxy) is 1. The number of halogens is 6. The van der Waals surface area contributed by atoms with E-state index < -0.39 is 42.5 Å². The number of amides is 3. The summed E-state index contributed by atoms with van der Waals surface area (Å²) in [7, 11) is 1.04. The van der Waals surface area contributed by atoms with E-state index in [2.05, 4.69) is 35.1 Å². The molecule has 0 spiro atoms. The lowest BCUT2D eigenvalue weighted by atomic mass is 10.1. The predicted molar refractivity (Wildman–Crippen MR) is 126 cm³/mol. The molecule has 2 fully saturated rings. The lowest BCUT2D eigenvalue weighted by molar-refractivity contribution is -0.255. The van der Waals surface area contributed by atoms with Gasteiger partial charge in [0.1, 0.15) is 11.7 Å². The van der Waals surface area contributed by atoms with E-state index in [-0.39, 0.29) is 24.7 Å². The molecule has 1 saturated heterocycles. The van der Waals surface area contributed by atoms with Crippen LogP contribution in [-0.2, 0) is 17.8 Å². The highest BCUT2D eigenvalue weighted by atomic mass is 19.4. The fourth-order valence-electron chi connectivity index (χ4n) is 3.62. The maximum absolute atomic E-state index is 12.8. The van der Waals surface area contributed by atoms with Crippen LogP contribution >= 0.6 is 0 Å². The van der Waals surface area contributed by atoms with Crippen molar-refractivity contribution in [3.8, 4) is 0 Å². The van der Waals surface area contributed by atoms with E-state index in [1.807, 2.05) is 5.32 Å². The summed E-state index contributed by atoms with van der Waals surface area (Å²) in [5.41, 5.74) is 0.177. The van der Waals surface area contributed by atoms with Crippen molar-refractivity contribution in [2.75, 3.05) is 13.7 Å². The number of rotatable bonds is 7. The number of imidazole rings is 1. The van der Waals surface area contributed by atoms with Gasteiger partial charge in [-0.1, -0.05) is 5.16 Å². The standard InChI is InChI=1S/C18H17F3N8O3.C5H9F3O/c19-18(20,21)12-8-28(17(31)25-12)6-9-3-13-24-11(7-29(13)23-4-9)5-22-16(30)15-14(10-1-2-10)26-32-27-15;1-4(2,9-3)5(6,7)8/h3-4,7,10,12H,1-2,5-6,8H2,(H,22,30)(H,25,31);1-3H3. The third-order valence-corrected chi connectivity index (χ3v) is 6.50. The van der Waals surface area contributed by atoms with Gasteiger partial charge in [0.2, 0.25) is 0 Å². The zero-order chi connectivity index (χ0) is 30.2. The molecule has 12 nitrogen and oxygen atoms in total. The first-order chi connectivity index (χ1) is 19.1. The molecule has 1 saturated carbocycles. The minimum Gasteiger partial charge on any atom is -0.369 e. The Bertz CT molecular complexity index is 1400. The van der Waals surface area contributed by atoms with Crippen LogP contribution in [0.3, 0.4) is 0 Å². The average Bonchev–Trinajstić information content (AvgIpc) is 3.29. The number of fused-ring (bicyclic) bond motifs is 1. The molecule has 3 aromatic rings. The van der Waals surface area contributed by atoms with Crippen LogP contribution in [0, 0.1) is 0 Å². The van der Waals surface area contributed by atoms with Crippen LogP contribution in [0.25, 0.3) is 5.65 Å². The quantitative estimate of drug-likeness (QED) is 0.399. The number of aromatic nitrogens is 5. The normalized spacial score (nSPS) is 17.8. The van der Waals surface area contributed by atoms with Crippen LogP contribution in [0.1, 0.15) is 60.0 Å². The Morgan fingerprint density at radius 3 is 2.46 bits per heavy atom. The van der Waals surface area contributed by atoms with Crippen molar-refractivity contribution in [1.29, 1.82) is 0 Å². The molecule has 0 radical (unpaired) electrons. The molecule has 2 N–H and O–H groups in total. The van der Waals surface area contributed by atoms with Gasteiger partial charge in [0.25, 0.3) is 5.91 Å². The molecular weight excluding hydrogens is 566 g/mol. The molecule has 1 atom stereocenters. The minimum absolute atomic E-state index is 0.0378. The van der Waals surface area contributed by atoms with Gasteiger partial charge in [-0.3, -0.25) is 4.79 Å². The summed E-state index contributed by atoms with van der Waals surface area (Å²) in [5.74, 6) is -0.206. The number of methoxy groups -OCH3 is 1. The van der Waals surface area contributed by atoms with Crippen LogP contribution in [0.15, 0.2) is 23.1 Å². The molecule has 1 unspecified atom stereocenters. The van der Waals surface area contributed by atoms with Gasteiger partial charge in [-0.15, -0.1) is 0 Å². The molecule has 2 aliphatic rings. The molecule has 3 amide bonds. The summed E-state index contributed by atoms with van der Waals surface area (Å²) in [6, 6.07) is -1.06. The van der Waals surface area contributed by atoms with Crippen LogP contribution in [-0.4, -0.2) is 79.4 Å². The fourth-order valence-corrected chi connectivity index (χ4v) is 3.62. The van der Waals surface area contributed by atoms with Crippen molar-refractivity contribution in [1.82, 2.24) is 40.4 Å². The zero-order valence-corrected chi connectivity index (χ0v) is 22.0. The smallest absolute Gasteiger partial charge is 0.369 e. The van der Waals surface area contributed by atoms with Gasteiger partial charge < -0.3 is 20.3 Å². The second kappa shape index (κ2) is 11.1. The molecule has 0 aromatic carbocycles. The third-order valence-electron chi connectivity index (χ3n) is 6.50. The first-order valence-corrected chi connectivity index (χ1v) is 12.3. The first kappa shape index (κ1) is 30.0. The van der Waals surface area contributed by atoms with Crippen molar-refractivity contribution in [3.63, 3.8) is 0 Å². The van der Waals surface area contributed by atoms with Crippen LogP contribution in [0.4, 0.5) is 31.1 Å². The fraction of sp³-hybridized carbons (Fsp3) is 0.565. The monoisotopic (exact) mass is 592 g/mol. The third kappa shape index (κ3) is 7.04. The number of alkyl halides is 6. The Morgan fingerprint density at radius 1 is 1.20 bits per heavy atom. The molecule has 1 aliphatic carbocycles. The molecule has 3 aromatic heterocycles. The van der Waals surface area contributed by atoms with E-state index >= 15 is 0 Å². The van der Waals surface area contributed by atoms with Gasteiger partial charge >= 0.3 is 18.4 Å². The first-order valence-electron chi connectivity index (χ1n) is 12.3. The number of carbonyl (C=O) groups is 2. The summed E-state index contributed by atoms with van der Waals surface area (Å²) < 4.78 is 84.0. The van der Waals surface area contributed by atoms with E-state index in [0.717, 1.165) is 38.7 Å². The summed E-state index contributed by atoms with van der Waals surface area (Å²) in [6.45, 7) is 1.55. The maximum atomic E-state index is 12.8. The predicted octanol–water partition coefficient (Wildman–Crippen LogP) is 3.35. The highest BCUT2D eigenvalue weighted by Gasteiger charge is 2.48. The zero-order valence-electron chi connectivity index (χ0n) is 22.0. The van der Waals surface area contributed by atoms with Gasteiger partial charge in [0, 0.05) is 19.6 Å². The Balaban J connectivity index is 0.000000374. The molecule has 0 bridgehead atoms. The van der Waals surface area contributed by atoms with Gasteiger partial charge in [-0.05, 0) is 43.5 Å². The van der Waals surface area contributed by atoms with Crippen molar-refractivity contribution >= 4 is 17.6 Å². The topological polar surface area (TPSA) is 140 Å². The van der Waals surface area contributed by atoms with Gasteiger partial charge in [-0.2, -0.15) is 31.4 Å². The van der Waals surface area contributed by atoms with Crippen LogP contribution in [0.2, 0.25) is 0 Å². The minimum atomic E-state index is -4.50. The number of hydrogen-bond donors (Lipinski definition) is 2. The van der Waals surface area contributed by atoms with Crippen molar-refractivity contribution in [2.24, 2.45) is 0 Å². The highest BCUT2D eigenvalue weighted by molar-refractivity contribution is 5.93. The van der Waals surface area contributed by atoms with Crippen molar-refractivity contribution < 1.29 is 45.3 Å². The second-order valence-corrected chi connectivity index (χ2v) is 9.99. The van der Waals surface area contributed by atoms with Crippen molar-refractivity contribution in [3.05, 3.63) is 41.1 Å². The van der Waals surface area contributed by atoms with Gasteiger partial charge in [0.05, 0.1) is 31.2 Å². The largest absolute Gasteiger partial charge is 0.416 e. The average molecular weight is 593 g/mol. The summed E-state index contributed by atoms with van der Waals surface area (Å²) >= 11 is 0. The lowest BCUT2D eigenvalue weighted by Crippen LogP contribution is -2.40. The summed E-state index contributed by atoms with van der Waals surface area (Å²) in [5, 5.41) is 16.3. The molecule has 5 rings (SSSR count). The Hall–Kier alpha value is -3.96. The van der Waals surface area contributed by atoms with E-state index in [9.17, 15) is 35.9 Å². The summed E-state index contributed by atoms with van der Waals surface area (Å²) in [4.78, 5) is 29.7. The van der Waals surface area contributed by atoms with Crippen molar-refractivity contribution in [2.45, 2.75) is 69.7 Å². The van der Waals surface area contributed by atoms with Crippen LogP contribution in [0.5, 0.6) is 0 Å². The van der Waals surface area contributed by atoms with Gasteiger partial charge in [-0.25, -0.2) is 18.9 Å². The lowest BCUT2D eigenvalue weighted by Gasteiger charge is -2.25. The number of urea groups is 1. The van der Waals surface area contributed by atoms with E-state index in [1.165, 1.54) is 10.7 Å². The van der Waals surface area contributed by atoms with E-state index in [0.29, 0.717) is 22.6 Å². The second-order valence-electron chi connectivity index (χ2n) is 9.99. The molecule has 4 heterocycles. The Labute approximate surface area is 228 Å². The molecular formula is C23H26F6N8O4. The number of nitrogens with zero attached hydrogens (tertiary/aromatic N) is 6. The van der Waals surface area contributed by atoms with Gasteiger partial charge in [0.15, 0.2) is 16.9 Å². The Kier molecular flexibility index (Phi) is 8.15. The highest BCUT2D eigenvalue weighted by Crippen LogP contribution is 2.40. The molecule has 224 valence electrons. The number of nitrogens with one attached hydrogen (secondary N) is 2. The molecule has 41 heavy (non-hydrogen) atoms. The number of carbonyl (C=O) groups excluding carboxylic acids is 2. The SMILES string of the molecule is COC(C)(C)C(F)(F)F.O=C(NCc1cn2ncc(CN3CC(C(F)(F)F)NC3=O)cc2n1)c1nonc1C1CC1. The number of hydrogen-bond acceptors (Lipinski definition) is 8. The summed E-state index contributed by atoms with van der Waals surface area (Å²) in [6.07, 6.45) is -3.81. The van der Waals surface area contributed by atoms with Crippen LogP contribution < -0.4 is 10.6 Å². The van der Waals surface area contributed by atoms with E-state index in [4.69, 9.17) is 0 Å².